The number of hydrogen-bond donors (Lipinski definition) is 0. The second kappa shape index (κ2) is 8.51. The molecule has 7 heteroatoms. The van der Waals surface area contributed by atoms with Gasteiger partial charge in [-0.15, -0.1) is 23.5 Å². The molecular formula is C17H20O5S2. The van der Waals surface area contributed by atoms with Crippen LogP contribution in [0.5, 0.6) is 0 Å². The van der Waals surface area contributed by atoms with E-state index in [4.69, 9.17) is 18.9 Å². The second-order valence-electron chi connectivity index (χ2n) is 5.38. The van der Waals surface area contributed by atoms with Crippen molar-refractivity contribution in [3.05, 3.63) is 46.2 Å². The van der Waals surface area contributed by atoms with Crippen LogP contribution in [-0.4, -0.2) is 49.7 Å². The third-order valence-electron chi connectivity index (χ3n) is 3.89. The minimum absolute atomic E-state index is 0.117. The van der Waals surface area contributed by atoms with Crippen LogP contribution in [0.3, 0.4) is 0 Å². The Morgan fingerprint density at radius 1 is 1.25 bits per heavy atom. The molecule has 0 saturated carbocycles. The van der Waals surface area contributed by atoms with Gasteiger partial charge in [0.25, 0.3) is 0 Å². The highest BCUT2D eigenvalue weighted by atomic mass is 32.2. The van der Waals surface area contributed by atoms with Crippen LogP contribution in [0.15, 0.2) is 40.6 Å². The van der Waals surface area contributed by atoms with Gasteiger partial charge in [0, 0.05) is 10.3 Å². The molecule has 0 aliphatic carbocycles. The van der Waals surface area contributed by atoms with Gasteiger partial charge in [-0.1, -0.05) is 30.3 Å². The van der Waals surface area contributed by atoms with Crippen LogP contribution in [0.25, 0.3) is 0 Å². The Labute approximate surface area is 150 Å². The molecule has 0 spiro atoms. The molecule has 0 amide bonds. The smallest absolute Gasteiger partial charge is 0.190 e. The average Bonchev–Trinajstić information content (AvgIpc) is 3.20. The van der Waals surface area contributed by atoms with Crippen LogP contribution in [0, 0.1) is 0 Å². The molecule has 5 nitrogen and oxygen atoms in total. The van der Waals surface area contributed by atoms with E-state index in [2.05, 4.69) is 0 Å². The van der Waals surface area contributed by atoms with E-state index in [9.17, 15) is 4.79 Å². The van der Waals surface area contributed by atoms with Crippen molar-refractivity contribution in [2.75, 3.05) is 19.3 Å². The van der Waals surface area contributed by atoms with Crippen LogP contribution in [0.4, 0.5) is 0 Å². The Morgan fingerprint density at radius 2 is 2.00 bits per heavy atom. The van der Waals surface area contributed by atoms with Gasteiger partial charge in [-0.3, -0.25) is 4.79 Å². The van der Waals surface area contributed by atoms with Gasteiger partial charge in [0.1, 0.15) is 12.2 Å². The number of ether oxygens (including phenoxy) is 4. The summed E-state index contributed by atoms with van der Waals surface area (Å²) < 4.78 is 23.6. The Hall–Kier alpha value is -0.830. The molecule has 2 saturated heterocycles. The lowest BCUT2D eigenvalue weighted by Crippen LogP contribution is -2.38. The lowest BCUT2D eigenvalue weighted by molar-refractivity contribution is -0.154. The zero-order valence-electron chi connectivity index (χ0n) is 13.5. The van der Waals surface area contributed by atoms with Crippen LogP contribution >= 0.6 is 23.5 Å². The molecule has 1 aromatic rings. The fraction of sp³-hybridized carbons (Fsp3) is 0.471. The van der Waals surface area contributed by atoms with Gasteiger partial charge < -0.3 is 18.9 Å². The van der Waals surface area contributed by atoms with Gasteiger partial charge in [-0.25, -0.2) is 0 Å². The van der Waals surface area contributed by atoms with Gasteiger partial charge in [0.2, 0.25) is 0 Å². The lowest BCUT2D eigenvalue weighted by Gasteiger charge is -2.20. The van der Waals surface area contributed by atoms with Crippen molar-refractivity contribution in [1.29, 1.82) is 0 Å². The summed E-state index contributed by atoms with van der Waals surface area (Å²) in [4.78, 5) is 12.6. The Morgan fingerprint density at radius 3 is 2.71 bits per heavy atom. The number of benzene rings is 1. The fourth-order valence-corrected chi connectivity index (χ4v) is 3.83. The third-order valence-corrected chi connectivity index (χ3v) is 5.93. The molecule has 24 heavy (non-hydrogen) atoms. The number of carbonyl (C=O) groups excluding carboxylic acids is 1. The van der Waals surface area contributed by atoms with E-state index in [1.165, 1.54) is 23.5 Å². The lowest BCUT2D eigenvalue weighted by atomic mass is 10.1. The minimum atomic E-state index is -0.710. The Bertz CT molecular complexity index is 586. The third kappa shape index (κ3) is 4.04. The molecule has 0 radical (unpaired) electrons. The van der Waals surface area contributed by atoms with Crippen LogP contribution < -0.4 is 0 Å². The van der Waals surface area contributed by atoms with Crippen molar-refractivity contribution >= 4 is 29.3 Å². The molecule has 0 bridgehead atoms. The molecule has 2 aliphatic heterocycles. The van der Waals surface area contributed by atoms with Crippen molar-refractivity contribution in [1.82, 2.24) is 0 Å². The van der Waals surface area contributed by atoms with Gasteiger partial charge in [0.05, 0.1) is 6.61 Å². The largest absolute Gasteiger partial charge is 0.367 e. The summed E-state index contributed by atoms with van der Waals surface area (Å²) in [6.45, 7) is 0.561. The number of carbonyl (C=O) groups is 1. The summed E-state index contributed by atoms with van der Waals surface area (Å²) in [5.41, 5.74) is 1.04. The van der Waals surface area contributed by atoms with E-state index in [0.717, 1.165) is 9.80 Å². The Balaban J connectivity index is 1.72. The maximum Gasteiger partial charge on any atom is 0.190 e. The van der Waals surface area contributed by atoms with Crippen molar-refractivity contribution < 1.29 is 23.7 Å². The minimum Gasteiger partial charge on any atom is -0.367 e. The highest BCUT2D eigenvalue weighted by Gasteiger charge is 2.52. The SMILES string of the molecule is CSC(=CC(=O)[C@H]1O[C@@H]2OCO[C@@H]2[C@H]1OCc1ccccc1)SC. The summed E-state index contributed by atoms with van der Waals surface area (Å²) in [7, 11) is 0. The topological polar surface area (TPSA) is 54.0 Å². The van der Waals surface area contributed by atoms with Crippen molar-refractivity contribution in [2.24, 2.45) is 0 Å². The van der Waals surface area contributed by atoms with Crippen molar-refractivity contribution in [2.45, 2.75) is 31.2 Å². The van der Waals surface area contributed by atoms with Crippen LogP contribution in [-0.2, 0) is 30.3 Å². The number of fused-ring (bicyclic) bond motifs is 1. The van der Waals surface area contributed by atoms with Crippen LogP contribution in [0.2, 0.25) is 0 Å². The predicted molar refractivity (Wildman–Crippen MR) is 94.6 cm³/mol. The quantitative estimate of drug-likeness (QED) is 0.686. The molecule has 1 aromatic carbocycles. The molecule has 0 aromatic heterocycles. The maximum atomic E-state index is 12.6. The average molecular weight is 368 g/mol. The fourth-order valence-electron chi connectivity index (χ4n) is 2.70. The van der Waals surface area contributed by atoms with E-state index in [0.29, 0.717) is 6.61 Å². The number of ketones is 1. The molecule has 0 N–H and O–H groups in total. The van der Waals surface area contributed by atoms with E-state index < -0.39 is 18.5 Å². The monoisotopic (exact) mass is 368 g/mol. The first-order valence-corrected chi connectivity index (χ1v) is 10.1. The molecule has 4 atom stereocenters. The number of hydrogen-bond acceptors (Lipinski definition) is 7. The summed E-state index contributed by atoms with van der Waals surface area (Å²) in [5.74, 6) is -0.117. The molecule has 2 aliphatic rings. The van der Waals surface area contributed by atoms with E-state index in [-0.39, 0.29) is 18.7 Å². The standard InChI is InChI=1S/C17H20O5S2/c1-23-13(24-2)8-12(18)14-15(16-17(22-14)21-10-20-16)19-9-11-6-4-3-5-7-11/h3-8,14-17H,9-10H2,1-2H3/t14-,15+,16-,17+/m1/s1. The summed E-state index contributed by atoms with van der Waals surface area (Å²) in [6, 6.07) is 9.83. The molecule has 0 unspecified atom stereocenters. The number of rotatable bonds is 7. The van der Waals surface area contributed by atoms with Gasteiger partial charge in [-0.05, 0) is 18.1 Å². The first-order valence-electron chi connectivity index (χ1n) is 7.60. The first-order chi connectivity index (χ1) is 11.7. The molecule has 3 rings (SSSR count). The molecular weight excluding hydrogens is 348 g/mol. The number of thioether (sulfide) groups is 2. The second-order valence-corrected chi connectivity index (χ2v) is 7.33. The maximum absolute atomic E-state index is 12.6. The van der Waals surface area contributed by atoms with E-state index in [1.807, 2.05) is 42.8 Å². The Kier molecular flexibility index (Phi) is 6.37. The summed E-state index contributed by atoms with van der Waals surface area (Å²) >= 11 is 3.07. The van der Waals surface area contributed by atoms with Gasteiger partial charge in [0.15, 0.2) is 25.0 Å². The van der Waals surface area contributed by atoms with E-state index >= 15 is 0 Å². The molecule has 2 fully saturated rings. The molecule has 2 heterocycles. The molecule has 130 valence electrons. The van der Waals surface area contributed by atoms with Crippen molar-refractivity contribution in [3.8, 4) is 0 Å². The zero-order chi connectivity index (χ0) is 16.9. The predicted octanol–water partition coefficient (Wildman–Crippen LogP) is 2.81. The zero-order valence-corrected chi connectivity index (χ0v) is 15.2. The highest BCUT2D eigenvalue weighted by molar-refractivity contribution is 8.21. The summed E-state index contributed by atoms with van der Waals surface area (Å²) in [5, 5.41) is 0. The van der Waals surface area contributed by atoms with Crippen LogP contribution in [0.1, 0.15) is 5.56 Å². The normalized spacial score (nSPS) is 28.6. The van der Waals surface area contributed by atoms with Crippen molar-refractivity contribution in [3.63, 3.8) is 0 Å². The van der Waals surface area contributed by atoms with Gasteiger partial charge >= 0.3 is 0 Å². The first kappa shape index (κ1) is 18.0. The van der Waals surface area contributed by atoms with E-state index in [1.54, 1.807) is 6.08 Å². The van der Waals surface area contributed by atoms with Gasteiger partial charge in [-0.2, -0.15) is 0 Å². The summed E-state index contributed by atoms with van der Waals surface area (Å²) in [6.07, 6.45) is 3.39. The highest BCUT2D eigenvalue weighted by Crippen LogP contribution is 2.33.